The van der Waals surface area contributed by atoms with Crippen LogP contribution >= 0.6 is 0 Å². The Hall–Kier alpha value is -5.49. The summed E-state index contributed by atoms with van der Waals surface area (Å²) in [6, 6.07) is 3.64. The molecule has 0 aromatic carbocycles. The zero-order valence-corrected chi connectivity index (χ0v) is 36.3. The number of aryl methyl sites for hydroxylation is 1. The number of methoxy groups -OCH3 is 1. The lowest BCUT2D eigenvalue weighted by molar-refractivity contribution is -0.276. The lowest BCUT2D eigenvalue weighted by atomic mass is 9.95. The summed E-state index contributed by atoms with van der Waals surface area (Å²) in [5, 5.41) is 3.81. The first-order chi connectivity index (χ1) is 29.0. The van der Waals surface area contributed by atoms with E-state index in [1.807, 2.05) is 11.0 Å². The minimum atomic E-state index is -1.50. The summed E-state index contributed by atoms with van der Waals surface area (Å²) < 4.78 is 30.8. The van der Waals surface area contributed by atoms with Crippen LogP contribution in [-0.4, -0.2) is 118 Å². The SMILES string of the molecule is COC(=O)[C@H]1O[C@@H](N2CCN(c3ccc(Nc4ncc5c(C)c(C(C)=O)c(=O)n(C6CCCC6)c5n4)nc3)CC2)[C@H](OC(=O)C(C)C)[C@@H](OC(=O)C(C)C)[C@@H]1OC(=O)C(C)C. The molecule has 2 aliphatic heterocycles. The van der Waals surface area contributed by atoms with Gasteiger partial charge in [0.2, 0.25) is 5.95 Å². The first kappa shape index (κ1) is 45.0. The van der Waals surface area contributed by atoms with E-state index in [2.05, 4.69) is 20.2 Å². The molecular weight excluding hydrogens is 791 g/mol. The molecular formula is C43H57N7O11. The number of hydrogen-bond acceptors (Lipinski definition) is 17. The second-order valence-electron chi connectivity index (χ2n) is 16.8. The number of hydrogen-bond donors (Lipinski definition) is 1. The van der Waals surface area contributed by atoms with Gasteiger partial charge in [-0.05, 0) is 44.4 Å². The van der Waals surface area contributed by atoms with Crippen molar-refractivity contribution in [1.82, 2.24) is 24.4 Å². The monoisotopic (exact) mass is 847 g/mol. The lowest BCUT2D eigenvalue weighted by Gasteiger charge is -2.49. The fraction of sp³-hybridized carbons (Fsp3) is 0.605. The Morgan fingerprint density at radius 3 is 1.93 bits per heavy atom. The van der Waals surface area contributed by atoms with Gasteiger partial charge >= 0.3 is 23.9 Å². The van der Waals surface area contributed by atoms with Crippen LogP contribution in [0.5, 0.6) is 0 Å². The quantitative estimate of drug-likeness (QED) is 0.145. The largest absolute Gasteiger partial charge is 0.467 e. The van der Waals surface area contributed by atoms with Gasteiger partial charge in [-0.1, -0.05) is 54.4 Å². The van der Waals surface area contributed by atoms with Crippen molar-refractivity contribution in [3.05, 3.63) is 46.0 Å². The minimum absolute atomic E-state index is 0.0515. The van der Waals surface area contributed by atoms with E-state index in [0.29, 0.717) is 48.6 Å². The molecule has 330 valence electrons. The number of carbonyl (C=O) groups is 5. The molecule has 2 saturated heterocycles. The van der Waals surface area contributed by atoms with Crippen LogP contribution in [0.4, 0.5) is 17.5 Å². The van der Waals surface area contributed by atoms with Gasteiger partial charge in [0.25, 0.3) is 5.56 Å². The fourth-order valence-electron chi connectivity index (χ4n) is 7.93. The third kappa shape index (κ3) is 9.70. The van der Waals surface area contributed by atoms with Crippen LogP contribution in [0, 0.1) is 24.7 Å². The van der Waals surface area contributed by atoms with Crippen molar-refractivity contribution in [1.29, 1.82) is 0 Å². The standard InChI is InChI=1S/C43H57N7O11/c1-22(2)39(53)59-32-33(60-40(54)23(3)4)35(42(56)57-9)58-38(34(32)61-41(55)24(5)6)49-18-16-48(17-19-49)28-14-15-30(44-20-28)46-43-45-21-29-25(7)31(26(8)51)37(52)50(36(29)47-43)27-12-10-11-13-27/h14-15,20-24,27,32-35,38H,10-13,16-19H2,1-9H3,(H,44,45,46,47)/t32-,33-,34+,35-,38+/m0/s1. The smallest absolute Gasteiger partial charge is 0.339 e. The number of rotatable bonds is 13. The van der Waals surface area contributed by atoms with Gasteiger partial charge in [-0.25, -0.2) is 14.8 Å². The van der Waals surface area contributed by atoms with E-state index in [1.165, 1.54) is 14.0 Å². The maximum absolute atomic E-state index is 13.6. The van der Waals surface area contributed by atoms with Crippen LogP contribution in [0.2, 0.25) is 0 Å². The number of ether oxygens (including phenoxy) is 5. The molecule has 1 saturated carbocycles. The van der Waals surface area contributed by atoms with Crippen LogP contribution in [0.15, 0.2) is 29.3 Å². The zero-order valence-electron chi connectivity index (χ0n) is 36.3. The molecule has 0 bridgehead atoms. The Morgan fingerprint density at radius 1 is 0.803 bits per heavy atom. The summed E-state index contributed by atoms with van der Waals surface area (Å²) in [5.74, 6) is -4.05. The van der Waals surface area contributed by atoms with Gasteiger partial charge in [-0.2, -0.15) is 4.98 Å². The molecule has 6 rings (SSSR count). The number of nitrogens with zero attached hydrogens (tertiary/aromatic N) is 6. The molecule has 0 spiro atoms. The molecule has 0 unspecified atom stereocenters. The normalized spacial score (nSPS) is 22.4. The Labute approximate surface area is 354 Å². The molecule has 0 radical (unpaired) electrons. The summed E-state index contributed by atoms with van der Waals surface area (Å²) in [5.41, 5.74) is 1.70. The summed E-state index contributed by atoms with van der Waals surface area (Å²) in [4.78, 5) is 96.6. The second kappa shape index (κ2) is 19.1. The Morgan fingerprint density at radius 2 is 1.39 bits per heavy atom. The van der Waals surface area contributed by atoms with Gasteiger partial charge < -0.3 is 33.9 Å². The second-order valence-corrected chi connectivity index (χ2v) is 16.8. The molecule has 3 aromatic rings. The number of esters is 4. The Bertz CT molecular complexity index is 2180. The maximum Gasteiger partial charge on any atom is 0.339 e. The van der Waals surface area contributed by atoms with E-state index >= 15 is 0 Å². The predicted molar refractivity (Wildman–Crippen MR) is 222 cm³/mol. The van der Waals surface area contributed by atoms with Gasteiger partial charge in [0.1, 0.15) is 11.5 Å². The van der Waals surface area contributed by atoms with Crippen molar-refractivity contribution >= 4 is 58.1 Å². The number of nitrogens with one attached hydrogen (secondary N) is 1. The molecule has 18 nitrogen and oxygen atoms in total. The fourth-order valence-corrected chi connectivity index (χ4v) is 7.93. The van der Waals surface area contributed by atoms with Crippen molar-refractivity contribution in [2.24, 2.45) is 17.8 Å². The average Bonchev–Trinajstić information content (AvgIpc) is 3.76. The van der Waals surface area contributed by atoms with E-state index in [4.69, 9.17) is 28.7 Å². The number of aromatic nitrogens is 4. The van der Waals surface area contributed by atoms with Gasteiger partial charge in [0, 0.05) is 43.8 Å². The van der Waals surface area contributed by atoms with Crippen LogP contribution in [-0.2, 0) is 42.9 Å². The molecule has 3 fully saturated rings. The molecule has 5 atom stereocenters. The Balaban J connectivity index is 1.22. The van der Waals surface area contributed by atoms with Crippen LogP contribution in [0.25, 0.3) is 11.0 Å². The van der Waals surface area contributed by atoms with Gasteiger partial charge in [0.15, 0.2) is 36.4 Å². The summed E-state index contributed by atoms with van der Waals surface area (Å²) >= 11 is 0. The number of carbonyl (C=O) groups excluding carboxylic acids is 5. The van der Waals surface area contributed by atoms with Crippen molar-refractivity contribution in [3.8, 4) is 0 Å². The van der Waals surface area contributed by atoms with Crippen LogP contribution < -0.4 is 15.8 Å². The van der Waals surface area contributed by atoms with Crippen LogP contribution in [0.1, 0.15) is 96.1 Å². The van der Waals surface area contributed by atoms with Crippen molar-refractivity contribution in [2.75, 3.05) is 43.5 Å². The lowest BCUT2D eigenvalue weighted by Crippen LogP contribution is -2.68. The van der Waals surface area contributed by atoms with Crippen molar-refractivity contribution in [3.63, 3.8) is 0 Å². The number of piperazine rings is 1. The zero-order chi connectivity index (χ0) is 44.3. The van der Waals surface area contributed by atoms with E-state index in [1.54, 1.807) is 71.5 Å². The number of fused-ring (bicyclic) bond motifs is 1. The van der Waals surface area contributed by atoms with E-state index in [0.717, 1.165) is 31.4 Å². The van der Waals surface area contributed by atoms with Gasteiger partial charge in [0.05, 0.1) is 42.3 Å². The summed E-state index contributed by atoms with van der Waals surface area (Å²) in [7, 11) is 1.17. The molecule has 1 aliphatic carbocycles. The first-order valence-corrected chi connectivity index (χ1v) is 21.0. The highest BCUT2D eigenvalue weighted by Crippen LogP contribution is 2.35. The van der Waals surface area contributed by atoms with E-state index < -0.39 is 72.3 Å². The van der Waals surface area contributed by atoms with Crippen molar-refractivity contribution < 1.29 is 47.7 Å². The highest BCUT2D eigenvalue weighted by molar-refractivity contribution is 5.99. The topological polar surface area (TPSA) is 211 Å². The molecule has 3 aromatic heterocycles. The number of ketones is 1. The molecule has 1 N–H and O–H groups in total. The summed E-state index contributed by atoms with van der Waals surface area (Å²) in [6.07, 6.45) is 0.292. The highest BCUT2D eigenvalue weighted by atomic mass is 16.7. The highest BCUT2D eigenvalue weighted by Gasteiger charge is 2.57. The van der Waals surface area contributed by atoms with E-state index in [-0.39, 0.29) is 28.9 Å². The number of anilines is 3. The Kier molecular flexibility index (Phi) is 14.1. The average molecular weight is 848 g/mol. The number of Topliss-reactive ketones (excluding diaryl/α,β-unsaturated/α-hetero) is 1. The molecule has 61 heavy (non-hydrogen) atoms. The minimum Gasteiger partial charge on any atom is -0.467 e. The predicted octanol–water partition coefficient (Wildman–Crippen LogP) is 4.28. The van der Waals surface area contributed by atoms with Crippen LogP contribution in [0.3, 0.4) is 0 Å². The molecule has 5 heterocycles. The molecule has 0 amide bonds. The van der Waals surface area contributed by atoms with Gasteiger partial charge in [-0.15, -0.1) is 0 Å². The van der Waals surface area contributed by atoms with Crippen molar-refractivity contribution in [2.45, 2.75) is 118 Å². The van der Waals surface area contributed by atoms with Gasteiger partial charge in [-0.3, -0.25) is 33.4 Å². The third-order valence-corrected chi connectivity index (χ3v) is 11.4. The first-order valence-electron chi connectivity index (χ1n) is 21.0. The molecule has 18 heteroatoms. The number of pyridine rings is 2. The maximum atomic E-state index is 13.6. The molecule has 3 aliphatic rings. The third-order valence-electron chi connectivity index (χ3n) is 11.4. The summed E-state index contributed by atoms with van der Waals surface area (Å²) in [6.45, 7) is 14.7. The van der Waals surface area contributed by atoms with E-state index in [9.17, 15) is 28.8 Å².